The molecule has 0 aromatic heterocycles. The summed E-state index contributed by atoms with van der Waals surface area (Å²) in [6.45, 7) is -2.95. The Morgan fingerprint density at radius 2 is 0.980 bits per heavy atom. The van der Waals surface area contributed by atoms with Gasteiger partial charge in [-0.2, -0.15) is 0 Å². The van der Waals surface area contributed by atoms with Crippen molar-refractivity contribution in [3.8, 4) is 0 Å². The molecule has 2 aromatic carbocycles. The van der Waals surface area contributed by atoms with Gasteiger partial charge in [0, 0.05) is 11.8 Å². The number of allylic oxidation sites excluding steroid dienone is 2. The van der Waals surface area contributed by atoms with Gasteiger partial charge in [0.15, 0.2) is 13.6 Å². The van der Waals surface area contributed by atoms with Gasteiger partial charge in [-0.05, 0) is 42.5 Å². The molecule has 3 aliphatic heterocycles. The first-order chi connectivity index (χ1) is 23.5. The van der Waals surface area contributed by atoms with Crippen molar-refractivity contribution >= 4 is 53.1 Å². The van der Waals surface area contributed by atoms with Crippen LogP contribution in [0.15, 0.2) is 54.6 Å². The number of imide groups is 3. The predicted octanol–water partition coefficient (Wildman–Crippen LogP) is -1.40. The van der Waals surface area contributed by atoms with Crippen molar-refractivity contribution in [2.75, 3.05) is 31.9 Å². The predicted molar refractivity (Wildman–Crippen MR) is 157 cm³/mol. The topological polar surface area (TPSA) is 246 Å². The standard InChI is InChI=1S/C18H13NO8.C14H14N2O6/c20-8-26-17(24)10-1-4-12(5-2-10)19-15(22)13-6-3-11(18(25)27-9-21)7-14(13)16(19)23;17-3-15-11(19)7-5-1-2-6(9(7)13(15)21)10-8(5)12(20)16(4-18)14(10)22/h1-7,20-21H,8-9H2;1-2,5-10,17-18H,3-4H2. The fourth-order valence-corrected chi connectivity index (χ4v) is 7.26. The van der Waals surface area contributed by atoms with E-state index < -0.39 is 110 Å². The molecule has 0 spiro atoms. The maximum atomic E-state index is 12.6. The van der Waals surface area contributed by atoms with Crippen molar-refractivity contribution in [1.82, 2.24) is 9.80 Å². The van der Waals surface area contributed by atoms with Gasteiger partial charge in [0.05, 0.1) is 51.6 Å². The number of anilines is 1. The normalized spacial score (nSPS) is 26.1. The van der Waals surface area contributed by atoms with Crippen LogP contribution in [0, 0.1) is 35.5 Å². The van der Waals surface area contributed by atoms with Crippen LogP contribution in [0.5, 0.6) is 0 Å². The average Bonchev–Trinajstić information content (AvgIpc) is 3.64. The second kappa shape index (κ2) is 12.8. The number of amides is 6. The molecule has 1 saturated carbocycles. The highest BCUT2D eigenvalue weighted by Crippen LogP contribution is 2.57. The van der Waals surface area contributed by atoms with Crippen molar-refractivity contribution in [2.45, 2.75) is 0 Å². The van der Waals surface area contributed by atoms with Crippen LogP contribution < -0.4 is 4.90 Å². The highest BCUT2D eigenvalue weighted by atomic mass is 16.6. The lowest BCUT2D eigenvalue weighted by Gasteiger charge is -2.44. The zero-order valence-electron chi connectivity index (χ0n) is 25.2. The van der Waals surface area contributed by atoms with Crippen molar-refractivity contribution < 1.29 is 68.3 Å². The molecule has 2 bridgehead atoms. The Morgan fingerprint density at radius 3 is 1.41 bits per heavy atom. The van der Waals surface area contributed by atoms with Gasteiger partial charge >= 0.3 is 11.9 Å². The van der Waals surface area contributed by atoms with Crippen LogP contribution in [0.3, 0.4) is 0 Å². The molecule has 4 N–H and O–H groups in total. The molecule has 4 atom stereocenters. The molecule has 17 heteroatoms. The number of aliphatic hydroxyl groups excluding tert-OH is 4. The van der Waals surface area contributed by atoms with Crippen LogP contribution in [0.4, 0.5) is 5.69 Å². The van der Waals surface area contributed by atoms with Crippen molar-refractivity contribution in [3.63, 3.8) is 0 Å². The summed E-state index contributed by atoms with van der Waals surface area (Å²) in [6.07, 6.45) is 3.45. The first-order valence-electron chi connectivity index (χ1n) is 14.8. The third kappa shape index (κ3) is 5.10. The van der Waals surface area contributed by atoms with Crippen LogP contribution in [0.1, 0.15) is 41.4 Å². The highest BCUT2D eigenvalue weighted by molar-refractivity contribution is 6.34. The van der Waals surface area contributed by atoms with E-state index in [4.69, 9.17) is 10.2 Å². The molecule has 2 aromatic rings. The molecule has 4 unspecified atom stereocenters. The molecule has 17 nitrogen and oxygen atoms in total. The minimum Gasteiger partial charge on any atom is -0.435 e. The van der Waals surface area contributed by atoms with Crippen LogP contribution >= 0.6 is 0 Å². The summed E-state index contributed by atoms with van der Waals surface area (Å²) in [5, 5.41) is 35.7. The summed E-state index contributed by atoms with van der Waals surface area (Å²) in [5.74, 6) is -8.64. The minimum absolute atomic E-state index is 0.0212. The molecule has 0 radical (unpaired) electrons. The number of carbonyl (C=O) groups excluding carboxylic acids is 8. The van der Waals surface area contributed by atoms with Crippen molar-refractivity contribution in [1.29, 1.82) is 0 Å². The smallest absolute Gasteiger partial charge is 0.340 e. The van der Waals surface area contributed by atoms with Gasteiger partial charge in [-0.1, -0.05) is 12.2 Å². The van der Waals surface area contributed by atoms with Gasteiger partial charge < -0.3 is 29.9 Å². The van der Waals surface area contributed by atoms with Gasteiger partial charge in [-0.3, -0.25) is 38.6 Å². The maximum absolute atomic E-state index is 12.6. The molecule has 3 heterocycles. The van der Waals surface area contributed by atoms with E-state index in [1.54, 1.807) is 12.2 Å². The zero-order chi connectivity index (χ0) is 35.3. The Balaban J connectivity index is 0.000000173. The number of hydrogen-bond donors (Lipinski definition) is 4. The minimum atomic E-state index is -0.828. The Hall–Kier alpha value is -5.62. The lowest BCUT2D eigenvalue weighted by molar-refractivity contribution is -0.144. The number of benzene rings is 2. The van der Waals surface area contributed by atoms with Gasteiger partial charge in [-0.15, -0.1) is 0 Å². The molecule has 49 heavy (non-hydrogen) atoms. The summed E-state index contributed by atoms with van der Waals surface area (Å²) >= 11 is 0. The van der Waals surface area contributed by atoms with Crippen LogP contribution in [0.2, 0.25) is 0 Å². The van der Waals surface area contributed by atoms with E-state index in [-0.39, 0.29) is 27.9 Å². The molecular formula is C32H27N3O14. The SMILES string of the molecule is O=C(OCO)c1ccc(N2C(=O)c3ccc(C(=O)OCO)cc3C2=O)cc1.O=C1C2C3C=CC(C2C(=O)N1CO)C1C(=O)N(CO)C(=O)C31. The fraction of sp³-hybridized carbons (Fsp3) is 0.312. The third-order valence-electron chi connectivity index (χ3n) is 9.35. The summed E-state index contributed by atoms with van der Waals surface area (Å²) in [6, 6.07) is 9.34. The fourth-order valence-electron chi connectivity index (χ4n) is 7.26. The van der Waals surface area contributed by atoms with E-state index in [9.17, 15) is 48.6 Å². The number of nitrogens with zero attached hydrogens (tertiary/aromatic N) is 3. The summed E-state index contributed by atoms with van der Waals surface area (Å²) < 4.78 is 8.91. The molecular weight excluding hydrogens is 650 g/mol. The van der Waals surface area contributed by atoms with E-state index in [1.165, 1.54) is 42.5 Å². The largest absolute Gasteiger partial charge is 0.435 e. The number of rotatable bonds is 7. The second-order valence-electron chi connectivity index (χ2n) is 11.5. The first kappa shape index (κ1) is 33.3. The number of aliphatic hydroxyl groups is 4. The number of likely N-dealkylation sites (tertiary alicyclic amines) is 2. The summed E-state index contributed by atoms with van der Waals surface area (Å²) in [5.41, 5.74) is 0.521. The van der Waals surface area contributed by atoms with Crippen LogP contribution in [0.25, 0.3) is 0 Å². The molecule has 8 rings (SSSR count). The molecule has 6 aliphatic rings. The lowest BCUT2D eigenvalue weighted by Crippen LogP contribution is -2.50. The average molecular weight is 678 g/mol. The first-order valence-corrected chi connectivity index (χ1v) is 14.8. The van der Waals surface area contributed by atoms with E-state index in [0.717, 1.165) is 14.7 Å². The summed E-state index contributed by atoms with van der Waals surface area (Å²) in [7, 11) is 0. The van der Waals surface area contributed by atoms with E-state index in [2.05, 4.69) is 9.47 Å². The van der Waals surface area contributed by atoms with Crippen molar-refractivity contribution in [3.05, 3.63) is 76.9 Å². The lowest BCUT2D eigenvalue weighted by atomic mass is 9.54. The Bertz CT molecular complexity index is 1740. The number of hydrogen-bond acceptors (Lipinski definition) is 14. The van der Waals surface area contributed by atoms with Gasteiger partial charge in [0.2, 0.25) is 23.6 Å². The number of carbonyl (C=O) groups is 8. The molecule has 254 valence electrons. The molecule has 2 saturated heterocycles. The zero-order valence-corrected chi connectivity index (χ0v) is 25.2. The van der Waals surface area contributed by atoms with E-state index >= 15 is 0 Å². The number of esters is 2. The highest BCUT2D eigenvalue weighted by Gasteiger charge is 2.68. The monoisotopic (exact) mass is 677 g/mol. The number of fused-ring (bicyclic) bond motifs is 1. The number of ether oxygens (including phenoxy) is 2. The molecule has 3 fully saturated rings. The van der Waals surface area contributed by atoms with Crippen LogP contribution in [-0.4, -0.2) is 105 Å². The van der Waals surface area contributed by atoms with Gasteiger partial charge in [-0.25, -0.2) is 14.5 Å². The van der Waals surface area contributed by atoms with Crippen LogP contribution in [-0.2, 0) is 28.7 Å². The van der Waals surface area contributed by atoms with E-state index in [1.807, 2.05) is 0 Å². The van der Waals surface area contributed by atoms with Gasteiger partial charge in [0.25, 0.3) is 11.8 Å². The molecule has 3 aliphatic carbocycles. The van der Waals surface area contributed by atoms with E-state index in [0.29, 0.717) is 0 Å². The van der Waals surface area contributed by atoms with Crippen molar-refractivity contribution in [2.24, 2.45) is 35.5 Å². The molecule has 6 amide bonds. The van der Waals surface area contributed by atoms with Gasteiger partial charge in [0.1, 0.15) is 13.5 Å². The Morgan fingerprint density at radius 1 is 0.571 bits per heavy atom. The maximum Gasteiger partial charge on any atom is 0.340 e. The second-order valence-corrected chi connectivity index (χ2v) is 11.5. The quantitative estimate of drug-likeness (QED) is 0.114. The Labute approximate surface area is 275 Å². The Kier molecular flexibility index (Phi) is 8.68. The summed E-state index contributed by atoms with van der Waals surface area (Å²) in [4.78, 5) is 100. The third-order valence-corrected chi connectivity index (χ3v) is 9.35.